The summed E-state index contributed by atoms with van der Waals surface area (Å²) in [5.41, 5.74) is 0.766. The molecule has 3 rings (SSSR count). The minimum Gasteiger partial charge on any atom is -0.351 e. The van der Waals surface area contributed by atoms with Gasteiger partial charge in [-0.3, -0.25) is 0 Å². The standard InChI is InChI=1S/C13H12Cl2N4/c14-8-1-4-11(10(15)7-8)18-12-5-6-16-13(19-12)17-9-2-3-9/h1,4-7,9H,2-3H2,(H2,16,17,18,19). The monoisotopic (exact) mass is 294 g/mol. The predicted octanol–water partition coefficient (Wildman–Crippen LogP) is 4.10. The molecule has 2 aromatic rings. The average molecular weight is 295 g/mol. The maximum Gasteiger partial charge on any atom is 0.224 e. The van der Waals surface area contributed by atoms with Crippen molar-refractivity contribution >= 4 is 40.7 Å². The summed E-state index contributed by atoms with van der Waals surface area (Å²) in [5, 5.41) is 7.57. The van der Waals surface area contributed by atoms with Gasteiger partial charge in [0.1, 0.15) is 5.82 Å². The van der Waals surface area contributed by atoms with Gasteiger partial charge in [-0.15, -0.1) is 0 Å². The topological polar surface area (TPSA) is 49.8 Å². The predicted molar refractivity (Wildman–Crippen MR) is 78.4 cm³/mol. The van der Waals surface area contributed by atoms with Crippen LogP contribution in [0, 0.1) is 0 Å². The summed E-state index contributed by atoms with van der Waals surface area (Å²) >= 11 is 12.0. The van der Waals surface area contributed by atoms with Crippen molar-refractivity contribution in [3.63, 3.8) is 0 Å². The Kier molecular flexibility index (Phi) is 3.44. The highest BCUT2D eigenvalue weighted by atomic mass is 35.5. The lowest BCUT2D eigenvalue weighted by Crippen LogP contribution is -2.06. The molecular weight excluding hydrogens is 283 g/mol. The van der Waals surface area contributed by atoms with Crippen molar-refractivity contribution in [2.24, 2.45) is 0 Å². The quantitative estimate of drug-likeness (QED) is 0.891. The van der Waals surface area contributed by atoms with Gasteiger partial charge in [0.2, 0.25) is 5.95 Å². The van der Waals surface area contributed by atoms with Crippen LogP contribution in [0.4, 0.5) is 17.5 Å². The third kappa shape index (κ3) is 3.28. The normalized spacial score (nSPS) is 14.2. The fourth-order valence-electron chi connectivity index (χ4n) is 1.64. The second-order valence-corrected chi connectivity index (χ2v) is 5.28. The molecule has 6 heteroatoms. The summed E-state index contributed by atoms with van der Waals surface area (Å²) in [6.07, 6.45) is 4.08. The van der Waals surface area contributed by atoms with E-state index in [1.807, 2.05) is 6.07 Å². The molecule has 2 N–H and O–H groups in total. The Balaban J connectivity index is 1.78. The van der Waals surface area contributed by atoms with E-state index in [4.69, 9.17) is 23.2 Å². The summed E-state index contributed by atoms with van der Waals surface area (Å²) in [6, 6.07) is 7.61. The van der Waals surface area contributed by atoms with E-state index in [-0.39, 0.29) is 0 Å². The number of aromatic nitrogens is 2. The van der Waals surface area contributed by atoms with Crippen molar-refractivity contribution in [2.75, 3.05) is 10.6 Å². The van der Waals surface area contributed by atoms with Crippen molar-refractivity contribution < 1.29 is 0 Å². The Morgan fingerprint density at radius 2 is 2.00 bits per heavy atom. The van der Waals surface area contributed by atoms with Crippen LogP contribution >= 0.6 is 23.2 Å². The lowest BCUT2D eigenvalue weighted by Gasteiger charge is -2.09. The minimum absolute atomic E-state index is 0.523. The van der Waals surface area contributed by atoms with Gasteiger partial charge in [-0.1, -0.05) is 23.2 Å². The zero-order valence-electron chi connectivity index (χ0n) is 10.0. The van der Waals surface area contributed by atoms with Gasteiger partial charge in [0.25, 0.3) is 0 Å². The third-order valence-corrected chi connectivity index (χ3v) is 3.31. The molecule has 1 aliphatic rings. The van der Waals surface area contributed by atoms with Crippen LogP contribution in [0.25, 0.3) is 0 Å². The van der Waals surface area contributed by atoms with Gasteiger partial charge in [-0.05, 0) is 37.1 Å². The van der Waals surface area contributed by atoms with Crippen LogP contribution in [0.3, 0.4) is 0 Å². The van der Waals surface area contributed by atoms with Crippen LogP contribution in [-0.2, 0) is 0 Å². The van der Waals surface area contributed by atoms with Crippen LogP contribution in [0.1, 0.15) is 12.8 Å². The molecule has 1 heterocycles. The van der Waals surface area contributed by atoms with Gasteiger partial charge >= 0.3 is 0 Å². The lowest BCUT2D eigenvalue weighted by molar-refractivity contribution is 1.05. The number of nitrogens with one attached hydrogen (secondary N) is 2. The van der Waals surface area contributed by atoms with Gasteiger partial charge < -0.3 is 10.6 Å². The van der Waals surface area contributed by atoms with E-state index in [0.717, 1.165) is 5.69 Å². The number of hydrogen-bond donors (Lipinski definition) is 2. The first kappa shape index (κ1) is 12.5. The molecule has 1 aliphatic carbocycles. The maximum atomic E-state index is 6.11. The highest BCUT2D eigenvalue weighted by Crippen LogP contribution is 2.28. The molecule has 0 saturated heterocycles. The molecule has 1 aromatic heterocycles. The molecule has 0 amide bonds. The van der Waals surface area contributed by atoms with E-state index in [2.05, 4.69) is 20.6 Å². The van der Waals surface area contributed by atoms with E-state index in [0.29, 0.717) is 27.9 Å². The molecular formula is C13H12Cl2N4. The zero-order valence-corrected chi connectivity index (χ0v) is 11.5. The Bertz CT molecular complexity index is 599. The summed E-state index contributed by atoms with van der Waals surface area (Å²) in [6.45, 7) is 0. The molecule has 98 valence electrons. The summed E-state index contributed by atoms with van der Waals surface area (Å²) in [4.78, 5) is 8.57. The van der Waals surface area contributed by atoms with E-state index in [9.17, 15) is 0 Å². The van der Waals surface area contributed by atoms with Crippen molar-refractivity contribution in [3.05, 3.63) is 40.5 Å². The molecule has 0 spiro atoms. The first-order valence-corrected chi connectivity index (χ1v) is 6.78. The van der Waals surface area contributed by atoms with Crippen molar-refractivity contribution in [3.8, 4) is 0 Å². The van der Waals surface area contributed by atoms with Crippen molar-refractivity contribution in [1.29, 1.82) is 0 Å². The number of rotatable bonds is 4. The average Bonchev–Trinajstić information content (AvgIpc) is 3.17. The van der Waals surface area contributed by atoms with Gasteiger partial charge in [-0.25, -0.2) is 4.98 Å². The molecule has 19 heavy (non-hydrogen) atoms. The Hall–Kier alpha value is -1.52. The fraction of sp³-hybridized carbons (Fsp3) is 0.231. The van der Waals surface area contributed by atoms with Crippen LogP contribution < -0.4 is 10.6 Å². The van der Waals surface area contributed by atoms with Gasteiger partial charge in [0.15, 0.2) is 0 Å². The molecule has 1 fully saturated rings. The van der Waals surface area contributed by atoms with Gasteiger partial charge in [-0.2, -0.15) is 4.98 Å². The maximum absolute atomic E-state index is 6.11. The van der Waals surface area contributed by atoms with E-state index in [1.165, 1.54) is 12.8 Å². The third-order valence-electron chi connectivity index (χ3n) is 2.76. The molecule has 0 bridgehead atoms. The second kappa shape index (κ2) is 5.23. The summed E-state index contributed by atoms with van der Waals surface area (Å²) in [7, 11) is 0. The fourth-order valence-corrected chi connectivity index (χ4v) is 2.09. The van der Waals surface area contributed by atoms with Crippen LogP contribution in [0.5, 0.6) is 0 Å². The number of hydrogen-bond acceptors (Lipinski definition) is 4. The molecule has 1 saturated carbocycles. The van der Waals surface area contributed by atoms with E-state index < -0.39 is 0 Å². The first-order valence-electron chi connectivity index (χ1n) is 6.02. The number of nitrogens with zero attached hydrogens (tertiary/aromatic N) is 2. The summed E-state index contributed by atoms with van der Waals surface area (Å²) < 4.78 is 0. The number of halogens is 2. The minimum atomic E-state index is 0.523. The summed E-state index contributed by atoms with van der Waals surface area (Å²) in [5.74, 6) is 1.33. The Morgan fingerprint density at radius 3 is 2.74 bits per heavy atom. The smallest absolute Gasteiger partial charge is 0.224 e. The van der Waals surface area contributed by atoms with E-state index >= 15 is 0 Å². The van der Waals surface area contributed by atoms with Crippen LogP contribution in [0.2, 0.25) is 10.0 Å². The van der Waals surface area contributed by atoms with E-state index in [1.54, 1.807) is 24.4 Å². The van der Waals surface area contributed by atoms with Crippen molar-refractivity contribution in [2.45, 2.75) is 18.9 Å². The second-order valence-electron chi connectivity index (χ2n) is 4.43. The molecule has 1 aromatic carbocycles. The molecule has 0 aliphatic heterocycles. The lowest BCUT2D eigenvalue weighted by atomic mass is 10.3. The van der Waals surface area contributed by atoms with Crippen molar-refractivity contribution in [1.82, 2.24) is 9.97 Å². The Labute approximate surface area is 121 Å². The highest BCUT2D eigenvalue weighted by molar-refractivity contribution is 6.36. The molecule has 4 nitrogen and oxygen atoms in total. The zero-order chi connectivity index (χ0) is 13.2. The van der Waals surface area contributed by atoms with Crippen LogP contribution in [-0.4, -0.2) is 16.0 Å². The number of benzene rings is 1. The largest absolute Gasteiger partial charge is 0.351 e. The van der Waals surface area contributed by atoms with Crippen LogP contribution in [0.15, 0.2) is 30.5 Å². The first-order chi connectivity index (χ1) is 9.20. The molecule has 0 unspecified atom stereocenters. The SMILES string of the molecule is Clc1ccc(Nc2ccnc(NC3CC3)n2)c(Cl)c1. The molecule has 0 atom stereocenters. The van der Waals surface area contributed by atoms with Gasteiger partial charge in [0, 0.05) is 17.3 Å². The van der Waals surface area contributed by atoms with Gasteiger partial charge in [0.05, 0.1) is 10.7 Å². The number of anilines is 3. The Morgan fingerprint density at radius 1 is 1.16 bits per heavy atom. The molecule has 0 radical (unpaired) electrons. The highest BCUT2D eigenvalue weighted by Gasteiger charge is 2.21.